The second kappa shape index (κ2) is 4.64. The molecular formula is C13H20N2O. The number of hydrogen-bond donors (Lipinski definition) is 1. The monoisotopic (exact) mass is 220 g/mol. The second-order valence-electron chi connectivity index (χ2n) is 4.30. The van der Waals surface area contributed by atoms with Gasteiger partial charge < -0.3 is 15.0 Å². The third-order valence-electron chi connectivity index (χ3n) is 2.89. The molecule has 88 valence electrons. The number of ether oxygens (including phenoxy) is 1. The number of hydrogen-bond acceptors (Lipinski definition) is 3. The van der Waals surface area contributed by atoms with E-state index in [2.05, 4.69) is 36.2 Å². The van der Waals surface area contributed by atoms with Crippen LogP contribution in [0.3, 0.4) is 0 Å². The highest BCUT2D eigenvalue weighted by Gasteiger charge is 2.21. The molecule has 0 radical (unpaired) electrons. The van der Waals surface area contributed by atoms with Crippen LogP contribution in [0.25, 0.3) is 0 Å². The van der Waals surface area contributed by atoms with Crippen molar-refractivity contribution in [2.45, 2.75) is 26.8 Å². The van der Waals surface area contributed by atoms with Crippen LogP contribution in [0, 0.1) is 0 Å². The zero-order valence-electron chi connectivity index (χ0n) is 10.3. The van der Waals surface area contributed by atoms with E-state index in [0.29, 0.717) is 12.6 Å². The molecule has 2 rings (SSSR count). The quantitative estimate of drug-likeness (QED) is 0.847. The predicted molar refractivity (Wildman–Crippen MR) is 68.6 cm³/mol. The Hall–Kier alpha value is -1.38. The molecule has 0 unspecified atom stereocenters. The van der Waals surface area contributed by atoms with Gasteiger partial charge in [-0.15, -0.1) is 0 Å². The minimum absolute atomic E-state index is 0.526. The summed E-state index contributed by atoms with van der Waals surface area (Å²) in [6.07, 6.45) is 0. The minimum Gasteiger partial charge on any atom is -0.492 e. The van der Waals surface area contributed by atoms with Crippen LogP contribution in [-0.2, 0) is 0 Å². The molecule has 1 aliphatic rings. The summed E-state index contributed by atoms with van der Waals surface area (Å²) in [5.41, 5.74) is 2.40. The largest absolute Gasteiger partial charge is 0.492 e. The van der Waals surface area contributed by atoms with E-state index in [9.17, 15) is 0 Å². The Morgan fingerprint density at radius 3 is 2.94 bits per heavy atom. The van der Waals surface area contributed by atoms with Crippen LogP contribution in [0.1, 0.15) is 20.8 Å². The molecule has 0 saturated heterocycles. The number of anilines is 2. The van der Waals surface area contributed by atoms with Crippen molar-refractivity contribution in [2.24, 2.45) is 0 Å². The Morgan fingerprint density at radius 1 is 1.44 bits per heavy atom. The molecule has 1 heterocycles. The van der Waals surface area contributed by atoms with Crippen molar-refractivity contribution in [3.63, 3.8) is 0 Å². The maximum Gasteiger partial charge on any atom is 0.144 e. The number of nitrogens with one attached hydrogen (secondary N) is 1. The number of nitrogens with zero attached hydrogens (tertiary/aromatic N) is 1. The van der Waals surface area contributed by atoms with Gasteiger partial charge in [0.25, 0.3) is 0 Å². The van der Waals surface area contributed by atoms with Gasteiger partial charge in [0.05, 0.1) is 12.3 Å². The number of para-hydroxylation sites is 1. The van der Waals surface area contributed by atoms with Crippen molar-refractivity contribution >= 4 is 11.4 Å². The maximum absolute atomic E-state index is 5.64. The zero-order valence-corrected chi connectivity index (χ0v) is 10.3. The molecule has 1 aromatic carbocycles. The normalized spacial score (nSPS) is 14.6. The van der Waals surface area contributed by atoms with Crippen LogP contribution in [0.4, 0.5) is 11.4 Å². The molecule has 0 aromatic heterocycles. The summed E-state index contributed by atoms with van der Waals surface area (Å²) >= 11 is 0. The third-order valence-corrected chi connectivity index (χ3v) is 2.89. The molecular weight excluding hydrogens is 200 g/mol. The van der Waals surface area contributed by atoms with Gasteiger partial charge in [0, 0.05) is 19.1 Å². The highest BCUT2D eigenvalue weighted by Crippen LogP contribution is 2.37. The van der Waals surface area contributed by atoms with Gasteiger partial charge >= 0.3 is 0 Å². The van der Waals surface area contributed by atoms with Gasteiger partial charge in [-0.05, 0) is 32.9 Å². The lowest BCUT2D eigenvalue weighted by molar-refractivity contribution is 0.341. The first-order chi connectivity index (χ1) is 7.74. The van der Waals surface area contributed by atoms with E-state index in [0.717, 1.165) is 24.5 Å². The zero-order chi connectivity index (χ0) is 11.5. The van der Waals surface area contributed by atoms with E-state index in [-0.39, 0.29) is 0 Å². The Labute approximate surface area is 97.4 Å². The van der Waals surface area contributed by atoms with E-state index < -0.39 is 0 Å². The number of rotatable bonds is 3. The molecule has 1 N–H and O–H groups in total. The Balaban J connectivity index is 2.38. The van der Waals surface area contributed by atoms with E-state index in [1.54, 1.807) is 0 Å². The van der Waals surface area contributed by atoms with Crippen molar-refractivity contribution < 1.29 is 4.74 Å². The molecule has 1 aliphatic heterocycles. The highest BCUT2D eigenvalue weighted by molar-refractivity contribution is 5.78. The van der Waals surface area contributed by atoms with Gasteiger partial charge in [0.1, 0.15) is 11.4 Å². The number of fused-ring (bicyclic) bond motifs is 1. The van der Waals surface area contributed by atoms with Crippen LogP contribution in [0.5, 0.6) is 5.75 Å². The van der Waals surface area contributed by atoms with E-state index >= 15 is 0 Å². The van der Waals surface area contributed by atoms with Crippen molar-refractivity contribution in [3.05, 3.63) is 18.2 Å². The minimum atomic E-state index is 0.526. The Morgan fingerprint density at radius 2 is 2.25 bits per heavy atom. The van der Waals surface area contributed by atoms with Crippen LogP contribution in [0.15, 0.2) is 18.2 Å². The Bertz CT molecular complexity index is 363. The molecule has 0 saturated carbocycles. The molecule has 3 nitrogen and oxygen atoms in total. The fourth-order valence-electron chi connectivity index (χ4n) is 2.17. The summed E-state index contributed by atoms with van der Waals surface area (Å²) in [4.78, 5) is 2.41. The SMILES string of the molecule is CCOc1cccc2c1NCCN2C(C)C. The van der Waals surface area contributed by atoms with Gasteiger partial charge in [-0.25, -0.2) is 0 Å². The summed E-state index contributed by atoms with van der Waals surface area (Å²) in [5, 5.41) is 3.43. The summed E-state index contributed by atoms with van der Waals surface area (Å²) in [5.74, 6) is 0.963. The first-order valence-corrected chi connectivity index (χ1v) is 6.00. The molecule has 0 atom stereocenters. The summed E-state index contributed by atoms with van der Waals surface area (Å²) in [7, 11) is 0. The molecule has 0 fully saturated rings. The average molecular weight is 220 g/mol. The predicted octanol–water partition coefficient (Wildman–Crippen LogP) is 2.73. The Kier molecular flexibility index (Phi) is 3.22. The van der Waals surface area contributed by atoms with Crippen LogP contribution in [0.2, 0.25) is 0 Å². The molecule has 0 spiro atoms. The molecule has 0 bridgehead atoms. The summed E-state index contributed by atoms with van der Waals surface area (Å²) in [6, 6.07) is 6.77. The fourth-order valence-corrected chi connectivity index (χ4v) is 2.17. The van der Waals surface area contributed by atoms with Gasteiger partial charge in [-0.3, -0.25) is 0 Å². The van der Waals surface area contributed by atoms with Gasteiger partial charge in [-0.1, -0.05) is 6.07 Å². The van der Waals surface area contributed by atoms with Gasteiger partial charge in [0.2, 0.25) is 0 Å². The fraction of sp³-hybridized carbons (Fsp3) is 0.538. The van der Waals surface area contributed by atoms with Crippen molar-refractivity contribution in [1.82, 2.24) is 0 Å². The van der Waals surface area contributed by atoms with Crippen LogP contribution >= 0.6 is 0 Å². The maximum atomic E-state index is 5.64. The van der Waals surface area contributed by atoms with Gasteiger partial charge in [0.15, 0.2) is 0 Å². The summed E-state index contributed by atoms with van der Waals surface area (Å²) in [6.45, 7) is 9.21. The second-order valence-corrected chi connectivity index (χ2v) is 4.30. The average Bonchev–Trinajstić information content (AvgIpc) is 2.29. The van der Waals surface area contributed by atoms with E-state index in [1.807, 2.05) is 13.0 Å². The topological polar surface area (TPSA) is 24.5 Å². The lowest BCUT2D eigenvalue weighted by atomic mass is 10.1. The smallest absolute Gasteiger partial charge is 0.144 e. The van der Waals surface area contributed by atoms with Crippen LogP contribution < -0.4 is 15.0 Å². The summed E-state index contributed by atoms with van der Waals surface area (Å²) < 4.78 is 5.64. The van der Waals surface area contributed by atoms with Gasteiger partial charge in [-0.2, -0.15) is 0 Å². The van der Waals surface area contributed by atoms with Crippen molar-refractivity contribution in [1.29, 1.82) is 0 Å². The van der Waals surface area contributed by atoms with Crippen LogP contribution in [-0.4, -0.2) is 25.7 Å². The molecule has 1 aromatic rings. The van der Waals surface area contributed by atoms with E-state index in [1.165, 1.54) is 5.69 Å². The first-order valence-electron chi connectivity index (χ1n) is 6.00. The lowest BCUT2D eigenvalue weighted by Crippen LogP contribution is -2.38. The molecule has 16 heavy (non-hydrogen) atoms. The highest BCUT2D eigenvalue weighted by atomic mass is 16.5. The van der Waals surface area contributed by atoms with E-state index in [4.69, 9.17) is 4.74 Å². The first kappa shape index (κ1) is 11.1. The molecule has 0 aliphatic carbocycles. The number of benzene rings is 1. The van der Waals surface area contributed by atoms with Crippen molar-refractivity contribution in [2.75, 3.05) is 29.9 Å². The van der Waals surface area contributed by atoms with Crippen molar-refractivity contribution in [3.8, 4) is 5.75 Å². The standard InChI is InChI=1S/C13H20N2O/c1-4-16-12-7-5-6-11-13(12)14-8-9-15(11)10(2)3/h5-7,10,14H,4,8-9H2,1-3H3. The molecule has 3 heteroatoms. The lowest BCUT2D eigenvalue weighted by Gasteiger charge is -2.35. The molecule has 0 amide bonds. The third kappa shape index (κ3) is 1.94.